The fourth-order valence-electron chi connectivity index (χ4n) is 0.214. The second kappa shape index (κ2) is 3.37. The van der Waals surface area contributed by atoms with Crippen LogP contribution >= 0.6 is 0 Å². The van der Waals surface area contributed by atoms with E-state index in [-0.39, 0.29) is 0 Å². The monoisotopic (exact) mass is 120 g/mol. The molecule has 4 heteroatoms. The number of carbonyl (C=O) groups is 1. The maximum absolute atomic E-state index is 11.4. The Morgan fingerprint density at radius 2 is 2.38 bits per heavy atom. The number of rotatable bonds is 2. The standard InChI is InChI=1S/C4H9FN2O/c1-6-7(2)4(8)3-5/h6H,3H2,1-2H3. The van der Waals surface area contributed by atoms with Crippen molar-refractivity contribution in [2.45, 2.75) is 0 Å². The van der Waals surface area contributed by atoms with Crippen LogP contribution in [-0.4, -0.2) is 31.7 Å². The molecule has 3 nitrogen and oxygen atoms in total. The van der Waals surface area contributed by atoms with E-state index in [0.717, 1.165) is 5.01 Å². The number of nitrogens with one attached hydrogen (secondary N) is 1. The maximum Gasteiger partial charge on any atom is 0.267 e. The minimum Gasteiger partial charge on any atom is -0.279 e. The average Bonchev–Trinajstić information content (AvgIpc) is 1.84. The summed E-state index contributed by atoms with van der Waals surface area (Å²) in [6.45, 7) is -0.947. The van der Waals surface area contributed by atoms with E-state index in [1.165, 1.54) is 7.05 Å². The Balaban J connectivity index is 3.46. The summed E-state index contributed by atoms with van der Waals surface area (Å²) in [5, 5.41) is 1.08. The number of hydrogen-bond donors (Lipinski definition) is 1. The van der Waals surface area contributed by atoms with Crippen molar-refractivity contribution in [3.05, 3.63) is 0 Å². The van der Waals surface area contributed by atoms with Crippen molar-refractivity contribution < 1.29 is 9.18 Å². The lowest BCUT2D eigenvalue weighted by atomic mass is 10.7. The Bertz CT molecular complexity index is 86.1. The smallest absolute Gasteiger partial charge is 0.267 e. The van der Waals surface area contributed by atoms with E-state index in [1.807, 2.05) is 0 Å². The van der Waals surface area contributed by atoms with Gasteiger partial charge in [0.2, 0.25) is 0 Å². The Kier molecular flexibility index (Phi) is 3.10. The molecule has 0 heterocycles. The Hall–Kier alpha value is -0.640. The number of nitrogens with zero attached hydrogens (tertiary/aromatic N) is 1. The first-order valence-electron chi connectivity index (χ1n) is 2.22. The molecule has 0 aliphatic carbocycles. The van der Waals surface area contributed by atoms with Crippen molar-refractivity contribution in [3.63, 3.8) is 0 Å². The van der Waals surface area contributed by atoms with Crippen molar-refractivity contribution in [1.29, 1.82) is 0 Å². The third-order valence-corrected chi connectivity index (χ3v) is 0.824. The molecule has 48 valence electrons. The lowest BCUT2D eigenvalue weighted by Gasteiger charge is -2.11. The van der Waals surface area contributed by atoms with E-state index in [0.29, 0.717) is 0 Å². The van der Waals surface area contributed by atoms with E-state index in [2.05, 4.69) is 5.43 Å². The van der Waals surface area contributed by atoms with Gasteiger partial charge >= 0.3 is 0 Å². The van der Waals surface area contributed by atoms with Crippen molar-refractivity contribution in [1.82, 2.24) is 10.4 Å². The topological polar surface area (TPSA) is 32.3 Å². The molecule has 0 spiro atoms. The molecule has 0 bridgehead atoms. The molecule has 0 aromatic rings. The summed E-state index contributed by atoms with van der Waals surface area (Å²) in [6, 6.07) is 0. The molecule has 0 aliphatic heterocycles. The SMILES string of the molecule is CNN(C)C(=O)CF. The summed E-state index contributed by atoms with van der Waals surface area (Å²) in [4.78, 5) is 10.2. The minimum atomic E-state index is -0.947. The summed E-state index contributed by atoms with van der Waals surface area (Å²) >= 11 is 0. The average molecular weight is 120 g/mol. The summed E-state index contributed by atoms with van der Waals surface area (Å²) in [5.41, 5.74) is 2.46. The van der Waals surface area contributed by atoms with E-state index < -0.39 is 12.6 Å². The van der Waals surface area contributed by atoms with Crippen LogP contribution in [0.4, 0.5) is 4.39 Å². The van der Waals surface area contributed by atoms with E-state index in [1.54, 1.807) is 7.05 Å². The van der Waals surface area contributed by atoms with Crippen LogP contribution < -0.4 is 5.43 Å². The van der Waals surface area contributed by atoms with Crippen LogP contribution in [0.3, 0.4) is 0 Å². The highest BCUT2D eigenvalue weighted by atomic mass is 19.1. The number of halogens is 1. The molecule has 0 fully saturated rings. The van der Waals surface area contributed by atoms with Gasteiger partial charge in [-0.1, -0.05) is 0 Å². The third kappa shape index (κ3) is 1.88. The van der Waals surface area contributed by atoms with Crippen LogP contribution in [0.25, 0.3) is 0 Å². The van der Waals surface area contributed by atoms with E-state index in [9.17, 15) is 9.18 Å². The zero-order valence-electron chi connectivity index (χ0n) is 4.94. The summed E-state index contributed by atoms with van der Waals surface area (Å²) in [7, 11) is 3.01. The molecule has 0 aromatic carbocycles. The molecule has 0 radical (unpaired) electrons. The number of alkyl halides is 1. The zero-order chi connectivity index (χ0) is 6.57. The van der Waals surface area contributed by atoms with Gasteiger partial charge in [-0.25, -0.2) is 9.82 Å². The maximum atomic E-state index is 11.4. The van der Waals surface area contributed by atoms with Crippen molar-refractivity contribution in [2.24, 2.45) is 0 Å². The molecule has 0 aliphatic rings. The van der Waals surface area contributed by atoms with Crippen molar-refractivity contribution in [2.75, 3.05) is 20.8 Å². The highest BCUT2D eigenvalue weighted by Crippen LogP contribution is 1.76. The van der Waals surface area contributed by atoms with Gasteiger partial charge < -0.3 is 0 Å². The van der Waals surface area contributed by atoms with Gasteiger partial charge in [-0.15, -0.1) is 0 Å². The molecule has 0 saturated carbocycles. The highest BCUT2D eigenvalue weighted by molar-refractivity contribution is 5.76. The van der Waals surface area contributed by atoms with Gasteiger partial charge in [0, 0.05) is 14.1 Å². The normalized spacial score (nSPS) is 8.88. The van der Waals surface area contributed by atoms with Crippen LogP contribution in [0.2, 0.25) is 0 Å². The number of hydrogen-bond acceptors (Lipinski definition) is 2. The number of hydrazine groups is 1. The van der Waals surface area contributed by atoms with Crippen molar-refractivity contribution in [3.8, 4) is 0 Å². The fourth-order valence-corrected chi connectivity index (χ4v) is 0.214. The quantitative estimate of drug-likeness (QED) is 0.500. The molecule has 0 rings (SSSR count). The Labute approximate surface area is 47.4 Å². The van der Waals surface area contributed by atoms with Gasteiger partial charge in [0.25, 0.3) is 5.91 Å². The van der Waals surface area contributed by atoms with Gasteiger partial charge in [-0.2, -0.15) is 0 Å². The van der Waals surface area contributed by atoms with Crippen molar-refractivity contribution >= 4 is 5.91 Å². The first-order chi connectivity index (χ1) is 3.72. The molecule has 0 atom stereocenters. The van der Waals surface area contributed by atoms with Gasteiger partial charge in [0.05, 0.1) is 0 Å². The third-order valence-electron chi connectivity index (χ3n) is 0.824. The number of carbonyl (C=O) groups excluding carboxylic acids is 1. The Morgan fingerprint density at radius 1 is 1.88 bits per heavy atom. The predicted molar refractivity (Wildman–Crippen MR) is 27.8 cm³/mol. The molecular formula is C4H9FN2O. The first-order valence-corrected chi connectivity index (χ1v) is 2.22. The zero-order valence-corrected chi connectivity index (χ0v) is 4.94. The summed E-state index contributed by atoms with van der Waals surface area (Å²) in [6.07, 6.45) is 0. The Morgan fingerprint density at radius 3 is 2.50 bits per heavy atom. The lowest BCUT2D eigenvalue weighted by molar-refractivity contribution is -0.133. The molecular weight excluding hydrogens is 111 g/mol. The summed E-state index contributed by atoms with van der Waals surface area (Å²) in [5.74, 6) is -0.562. The van der Waals surface area contributed by atoms with Gasteiger partial charge in [-0.3, -0.25) is 9.80 Å². The van der Waals surface area contributed by atoms with Gasteiger partial charge in [-0.05, 0) is 0 Å². The van der Waals surface area contributed by atoms with Crippen LogP contribution in [0.1, 0.15) is 0 Å². The largest absolute Gasteiger partial charge is 0.279 e. The van der Waals surface area contributed by atoms with Gasteiger partial charge in [0.15, 0.2) is 6.67 Å². The van der Waals surface area contributed by atoms with Crippen LogP contribution in [0, 0.1) is 0 Å². The fraction of sp³-hybridized carbons (Fsp3) is 0.750. The van der Waals surface area contributed by atoms with Gasteiger partial charge in [0.1, 0.15) is 0 Å². The van der Waals surface area contributed by atoms with Crippen LogP contribution in [-0.2, 0) is 4.79 Å². The van der Waals surface area contributed by atoms with Crippen LogP contribution in [0.5, 0.6) is 0 Å². The molecule has 1 amide bonds. The van der Waals surface area contributed by atoms with E-state index in [4.69, 9.17) is 0 Å². The number of amides is 1. The molecule has 0 unspecified atom stereocenters. The second-order valence-electron chi connectivity index (χ2n) is 1.31. The molecule has 0 aromatic heterocycles. The lowest BCUT2D eigenvalue weighted by Crippen LogP contribution is -2.37. The van der Waals surface area contributed by atoms with E-state index >= 15 is 0 Å². The minimum absolute atomic E-state index is 0.562. The first kappa shape index (κ1) is 7.36. The molecule has 0 saturated heterocycles. The van der Waals surface area contributed by atoms with Crippen LogP contribution in [0.15, 0.2) is 0 Å². The molecule has 1 N–H and O–H groups in total. The summed E-state index contributed by atoms with van der Waals surface area (Å²) < 4.78 is 11.4. The highest BCUT2D eigenvalue weighted by Gasteiger charge is 2.02. The second-order valence-corrected chi connectivity index (χ2v) is 1.31. The molecule has 8 heavy (non-hydrogen) atoms. The predicted octanol–water partition coefficient (Wildman–Crippen LogP) is -0.451.